The van der Waals surface area contributed by atoms with Gasteiger partial charge in [0.05, 0.1) is 5.56 Å². The highest BCUT2D eigenvalue weighted by Gasteiger charge is 2.21. The molecule has 0 saturated heterocycles. The van der Waals surface area contributed by atoms with E-state index in [2.05, 4.69) is 5.32 Å². The number of carbonyl (C=O) groups excluding carboxylic acids is 3. The van der Waals surface area contributed by atoms with E-state index in [0.717, 1.165) is 6.07 Å². The number of ether oxygens (including phenoxy) is 1. The van der Waals surface area contributed by atoms with E-state index < -0.39 is 29.8 Å². The molecule has 102 valence electrons. The van der Waals surface area contributed by atoms with Crippen LogP contribution in [0.3, 0.4) is 0 Å². The van der Waals surface area contributed by atoms with E-state index in [4.69, 9.17) is 4.74 Å². The van der Waals surface area contributed by atoms with Gasteiger partial charge in [0, 0.05) is 7.05 Å². The number of carbonyl (C=O) groups is 3. The van der Waals surface area contributed by atoms with E-state index in [1.165, 1.54) is 32.2 Å². The Bertz CT molecular complexity index is 504. The van der Waals surface area contributed by atoms with Crippen molar-refractivity contribution < 1.29 is 23.5 Å². The van der Waals surface area contributed by atoms with Crippen LogP contribution in [0, 0.1) is 5.82 Å². The third kappa shape index (κ3) is 4.06. The van der Waals surface area contributed by atoms with E-state index in [9.17, 15) is 18.8 Å². The Morgan fingerprint density at radius 2 is 1.89 bits per heavy atom. The molecule has 1 atom stereocenters. The first kappa shape index (κ1) is 14.6. The van der Waals surface area contributed by atoms with Crippen molar-refractivity contribution in [3.8, 4) is 0 Å². The van der Waals surface area contributed by atoms with Crippen molar-refractivity contribution in [1.29, 1.82) is 0 Å². The van der Waals surface area contributed by atoms with Gasteiger partial charge in [0.15, 0.2) is 6.10 Å². The van der Waals surface area contributed by atoms with Crippen molar-refractivity contribution in [1.82, 2.24) is 10.6 Å². The molecule has 1 aromatic carbocycles. The van der Waals surface area contributed by atoms with Gasteiger partial charge in [-0.1, -0.05) is 12.1 Å². The number of benzene rings is 1. The Morgan fingerprint density at radius 3 is 2.47 bits per heavy atom. The van der Waals surface area contributed by atoms with Crippen LogP contribution in [0.4, 0.5) is 9.18 Å². The van der Waals surface area contributed by atoms with Gasteiger partial charge in [0.2, 0.25) is 0 Å². The first-order valence-electron chi connectivity index (χ1n) is 5.43. The molecule has 6 nitrogen and oxygen atoms in total. The summed E-state index contributed by atoms with van der Waals surface area (Å²) in [6.07, 6.45) is -1.22. The molecule has 7 heteroatoms. The molecule has 1 unspecified atom stereocenters. The summed E-state index contributed by atoms with van der Waals surface area (Å²) >= 11 is 0. The molecule has 19 heavy (non-hydrogen) atoms. The summed E-state index contributed by atoms with van der Waals surface area (Å²) in [5, 5.41) is 4.11. The number of hydrogen-bond donors (Lipinski definition) is 2. The SMILES string of the molecule is CNC(=O)NC(=O)C(C)OC(=O)c1ccccc1F. The summed E-state index contributed by atoms with van der Waals surface area (Å²) in [6.45, 7) is 1.27. The summed E-state index contributed by atoms with van der Waals surface area (Å²) in [4.78, 5) is 33.9. The Kier molecular flexibility index (Phi) is 4.99. The van der Waals surface area contributed by atoms with Gasteiger partial charge in [0.25, 0.3) is 5.91 Å². The lowest BCUT2D eigenvalue weighted by Gasteiger charge is -2.12. The van der Waals surface area contributed by atoms with Gasteiger partial charge < -0.3 is 10.1 Å². The molecular formula is C12H13FN2O4. The third-order valence-electron chi connectivity index (χ3n) is 2.21. The standard InChI is InChI=1S/C12H13FN2O4/c1-7(10(16)15-12(18)14-2)19-11(17)8-5-3-4-6-9(8)13/h3-7H,1-2H3,(H2,14,15,16,18). The second-order valence-electron chi connectivity index (χ2n) is 3.60. The van der Waals surface area contributed by atoms with E-state index in [1.807, 2.05) is 5.32 Å². The highest BCUT2D eigenvalue weighted by molar-refractivity contribution is 5.98. The first-order chi connectivity index (χ1) is 8.95. The van der Waals surface area contributed by atoms with Gasteiger partial charge >= 0.3 is 12.0 Å². The zero-order valence-corrected chi connectivity index (χ0v) is 10.4. The van der Waals surface area contributed by atoms with Crippen LogP contribution >= 0.6 is 0 Å². The van der Waals surface area contributed by atoms with Crippen LogP contribution in [0.5, 0.6) is 0 Å². The number of halogens is 1. The average molecular weight is 268 g/mol. The maximum absolute atomic E-state index is 13.3. The number of imide groups is 1. The van der Waals surface area contributed by atoms with Gasteiger partial charge in [-0.15, -0.1) is 0 Å². The van der Waals surface area contributed by atoms with Crippen LogP contribution in [0.1, 0.15) is 17.3 Å². The minimum Gasteiger partial charge on any atom is -0.449 e. The average Bonchev–Trinajstić information content (AvgIpc) is 2.38. The second kappa shape index (κ2) is 6.48. The lowest BCUT2D eigenvalue weighted by atomic mass is 10.2. The zero-order chi connectivity index (χ0) is 14.4. The minimum atomic E-state index is -1.22. The molecule has 2 N–H and O–H groups in total. The second-order valence-corrected chi connectivity index (χ2v) is 3.60. The Morgan fingerprint density at radius 1 is 1.26 bits per heavy atom. The van der Waals surface area contributed by atoms with Crippen molar-refractivity contribution in [3.05, 3.63) is 35.6 Å². The van der Waals surface area contributed by atoms with Crippen LogP contribution in [0.15, 0.2) is 24.3 Å². The normalized spacial score (nSPS) is 11.3. The van der Waals surface area contributed by atoms with Gasteiger partial charge in [-0.25, -0.2) is 14.0 Å². The summed E-state index contributed by atoms with van der Waals surface area (Å²) in [6, 6.07) is 4.51. The number of hydrogen-bond acceptors (Lipinski definition) is 4. The molecule has 1 rings (SSSR count). The number of amides is 3. The highest BCUT2D eigenvalue weighted by Crippen LogP contribution is 2.09. The Labute approximate surface area is 108 Å². The smallest absolute Gasteiger partial charge is 0.341 e. The molecule has 0 bridgehead atoms. The van der Waals surface area contributed by atoms with Gasteiger partial charge in [-0.05, 0) is 19.1 Å². The summed E-state index contributed by atoms with van der Waals surface area (Å²) in [7, 11) is 1.33. The quantitative estimate of drug-likeness (QED) is 0.795. The molecular weight excluding hydrogens is 255 g/mol. The topological polar surface area (TPSA) is 84.5 Å². The van der Waals surface area contributed by atoms with Crippen molar-refractivity contribution in [2.45, 2.75) is 13.0 Å². The summed E-state index contributed by atoms with van der Waals surface area (Å²) in [5.41, 5.74) is -0.276. The van der Waals surface area contributed by atoms with Gasteiger partial charge in [-0.3, -0.25) is 10.1 Å². The highest BCUT2D eigenvalue weighted by atomic mass is 19.1. The van der Waals surface area contributed by atoms with E-state index in [1.54, 1.807) is 0 Å². The Balaban J connectivity index is 2.64. The molecule has 0 aliphatic rings. The molecule has 3 amide bonds. The molecule has 0 aromatic heterocycles. The van der Waals surface area contributed by atoms with Crippen molar-refractivity contribution >= 4 is 17.9 Å². The fourth-order valence-corrected chi connectivity index (χ4v) is 1.18. The lowest BCUT2D eigenvalue weighted by molar-refractivity contribution is -0.127. The lowest BCUT2D eigenvalue weighted by Crippen LogP contribution is -2.43. The molecule has 1 aromatic rings. The van der Waals surface area contributed by atoms with Gasteiger partial charge in [0.1, 0.15) is 5.82 Å². The van der Waals surface area contributed by atoms with Crippen LogP contribution in [-0.4, -0.2) is 31.1 Å². The van der Waals surface area contributed by atoms with Crippen molar-refractivity contribution in [2.75, 3.05) is 7.05 Å². The summed E-state index contributed by atoms with van der Waals surface area (Å²) in [5.74, 6) is -2.52. The maximum atomic E-state index is 13.3. The van der Waals surface area contributed by atoms with Crippen molar-refractivity contribution in [3.63, 3.8) is 0 Å². The monoisotopic (exact) mass is 268 g/mol. The Hall–Kier alpha value is -2.44. The number of rotatable bonds is 3. The van der Waals surface area contributed by atoms with E-state index in [0.29, 0.717) is 0 Å². The van der Waals surface area contributed by atoms with Crippen LogP contribution < -0.4 is 10.6 Å². The minimum absolute atomic E-state index is 0.276. The summed E-state index contributed by atoms with van der Waals surface area (Å²) < 4.78 is 18.0. The third-order valence-corrected chi connectivity index (χ3v) is 2.21. The fourth-order valence-electron chi connectivity index (χ4n) is 1.18. The van der Waals surface area contributed by atoms with E-state index in [-0.39, 0.29) is 5.56 Å². The number of esters is 1. The zero-order valence-electron chi connectivity index (χ0n) is 10.4. The maximum Gasteiger partial charge on any atom is 0.341 e. The van der Waals surface area contributed by atoms with Gasteiger partial charge in [-0.2, -0.15) is 0 Å². The molecule has 0 aliphatic heterocycles. The van der Waals surface area contributed by atoms with Crippen LogP contribution in [0.2, 0.25) is 0 Å². The predicted molar refractivity (Wildman–Crippen MR) is 63.9 cm³/mol. The number of nitrogens with one attached hydrogen (secondary N) is 2. The van der Waals surface area contributed by atoms with E-state index >= 15 is 0 Å². The van der Waals surface area contributed by atoms with Crippen LogP contribution in [0.25, 0.3) is 0 Å². The first-order valence-corrected chi connectivity index (χ1v) is 5.43. The fraction of sp³-hybridized carbons (Fsp3) is 0.250. The molecule has 0 saturated carbocycles. The molecule has 0 heterocycles. The van der Waals surface area contributed by atoms with Crippen molar-refractivity contribution in [2.24, 2.45) is 0 Å². The largest absolute Gasteiger partial charge is 0.449 e. The number of urea groups is 1. The predicted octanol–water partition coefficient (Wildman–Crippen LogP) is 0.827. The molecule has 0 aliphatic carbocycles. The van der Waals surface area contributed by atoms with Crippen LogP contribution in [-0.2, 0) is 9.53 Å². The molecule has 0 fully saturated rings. The molecule has 0 radical (unpaired) electrons. The molecule has 0 spiro atoms.